The van der Waals surface area contributed by atoms with Crippen molar-refractivity contribution < 1.29 is 23.5 Å². The smallest absolute Gasteiger partial charge is 0.407 e. The van der Waals surface area contributed by atoms with Gasteiger partial charge in [-0.1, -0.05) is 48.5 Å². The summed E-state index contributed by atoms with van der Waals surface area (Å²) in [6, 6.07) is 16.1. The van der Waals surface area contributed by atoms with Crippen molar-refractivity contribution in [2.45, 2.75) is 17.9 Å². The molecule has 9 heteroatoms. The summed E-state index contributed by atoms with van der Waals surface area (Å²) in [6.07, 6.45) is -0.652. The van der Waals surface area contributed by atoms with Crippen molar-refractivity contribution in [1.82, 2.24) is 10.6 Å². The number of carbonyl (C=O) groups excluding carboxylic acids is 2. The standard InChI is InChI=1S/C19H18N2O5P2/c22-17(21-19(27-24)28-25)9-10-20-18(23)26-11-16-14-7-3-1-5-12(14)13-6-2-4-8-15(13)16/h1-8,16,19H,9-11H2,(H,20,23)(H,21,22). The molecule has 2 aromatic rings. The molecule has 0 aromatic heterocycles. The Morgan fingerprint density at radius 2 is 1.54 bits per heavy atom. The largest absolute Gasteiger partial charge is 0.449 e. The number of ether oxygens (including phenoxy) is 1. The molecule has 0 bridgehead atoms. The Morgan fingerprint density at radius 3 is 2.11 bits per heavy atom. The summed E-state index contributed by atoms with van der Waals surface area (Å²) in [5.74, 6) is -0.495. The molecule has 0 heterocycles. The van der Waals surface area contributed by atoms with E-state index in [-0.39, 0.29) is 25.5 Å². The molecular formula is C19H18N2O5P2. The molecule has 0 aliphatic heterocycles. The molecule has 0 saturated carbocycles. The maximum atomic E-state index is 12.0. The first kappa shape index (κ1) is 20.1. The summed E-state index contributed by atoms with van der Waals surface area (Å²) in [7, 11) is -0.873. The average Bonchev–Trinajstić information content (AvgIpc) is 3.04. The molecule has 1 aliphatic carbocycles. The van der Waals surface area contributed by atoms with E-state index in [0.717, 1.165) is 22.3 Å². The normalized spacial score (nSPS) is 13.6. The van der Waals surface area contributed by atoms with Gasteiger partial charge in [0.1, 0.15) is 6.61 Å². The Hall–Kier alpha value is -2.62. The molecule has 0 unspecified atom stereocenters. The quantitative estimate of drug-likeness (QED) is 0.636. The van der Waals surface area contributed by atoms with Crippen molar-refractivity contribution >= 4 is 28.9 Å². The third kappa shape index (κ3) is 4.61. The van der Waals surface area contributed by atoms with Crippen LogP contribution in [-0.4, -0.2) is 30.7 Å². The predicted octanol–water partition coefficient (Wildman–Crippen LogP) is 3.90. The highest BCUT2D eigenvalue weighted by molar-refractivity contribution is 7.44. The average molecular weight is 416 g/mol. The number of hydrogen-bond donors (Lipinski definition) is 2. The fourth-order valence-electron chi connectivity index (χ4n) is 3.22. The van der Waals surface area contributed by atoms with Crippen molar-refractivity contribution in [2.24, 2.45) is 0 Å². The Bertz CT molecular complexity index is 852. The highest BCUT2D eigenvalue weighted by Gasteiger charge is 2.28. The van der Waals surface area contributed by atoms with Crippen molar-refractivity contribution in [1.29, 1.82) is 0 Å². The van der Waals surface area contributed by atoms with Gasteiger partial charge in [0.15, 0.2) is 22.4 Å². The van der Waals surface area contributed by atoms with Gasteiger partial charge in [-0.25, -0.2) is 4.79 Å². The number of fused-ring (bicyclic) bond motifs is 3. The van der Waals surface area contributed by atoms with Crippen LogP contribution in [0, 0.1) is 0 Å². The van der Waals surface area contributed by atoms with Crippen LogP contribution >= 0.6 is 16.9 Å². The monoisotopic (exact) mass is 416 g/mol. The molecule has 0 atom stereocenters. The van der Waals surface area contributed by atoms with Gasteiger partial charge in [-0.3, -0.25) is 13.9 Å². The summed E-state index contributed by atoms with van der Waals surface area (Å²) in [4.78, 5) is 23.6. The SMILES string of the molecule is O=PC(NC(=O)CCNC(=O)OCC1c2ccccc2-c2ccccc21)P=O. The van der Waals surface area contributed by atoms with Crippen LogP contribution in [0.15, 0.2) is 48.5 Å². The van der Waals surface area contributed by atoms with Crippen LogP contribution in [0.25, 0.3) is 11.1 Å². The van der Waals surface area contributed by atoms with E-state index in [0.29, 0.717) is 0 Å². The summed E-state index contributed by atoms with van der Waals surface area (Å²) < 4.78 is 26.6. The summed E-state index contributed by atoms with van der Waals surface area (Å²) in [5, 5.41) is 4.82. The molecule has 2 aromatic carbocycles. The van der Waals surface area contributed by atoms with Gasteiger partial charge in [-0.2, -0.15) is 0 Å². The Morgan fingerprint density at radius 1 is 0.964 bits per heavy atom. The van der Waals surface area contributed by atoms with Crippen molar-refractivity contribution in [3.8, 4) is 11.1 Å². The first-order valence-electron chi connectivity index (χ1n) is 8.67. The van der Waals surface area contributed by atoms with Gasteiger partial charge in [0.2, 0.25) is 5.91 Å². The van der Waals surface area contributed by atoms with E-state index < -0.39 is 34.4 Å². The van der Waals surface area contributed by atoms with E-state index in [9.17, 15) is 18.7 Å². The van der Waals surface area contributed by atoms with Gasteiger partial charge in [0.25, 0.3) is 0 Å². The van der Waals surface area contributed by atoms with E-state index in [1.807, 2.05) is 36.4 Å². The zero-order valence-corrected chi connectivity index (χ0v) is 16.6. The minimum absolute atomic E-state index is 0.0330. The van der Waals surface area contributed by atoms with E-state index in [1.165, 1.54) is 0 Å². The molecule has 0 radical (unpaired) electrons. The maximum Gasteiger partial charge on any atom is 0.407 e. The molecule has 144 valence electrons. The number of hydrogen-bond acceptors (Lipinski definition) is 5. The van der Waals surface area contributed by atoms with Crippen LogP contribution in [-0.2, 0) is 18.7 Å². The molecule has 0 saturated heterocycles. The maximum absolute atomic E-state index is 12.0. The summed E-state index contributed by atoms with van der Waals surface area (Å²) in [5.41, 5.74) is 3.57. The molecular weight excluding hydrogens is 398 g/mol. The number of benzene rings is 2. The molecule has 2 N–H and O–H groups in total. The van der Waals surface area contributed by atoms with E-state index in [2.05, 4.69) is 22.8 Å². The van der Waals surface area contributed by atoms with Gasteiger partial charge in [0, 0.05) is 18.9 Å². The van der Waals surface area contributed by atoms with Gasteiger partial charge in [-0.15, -0.1) is 0 Å². The zero-order chi connectivity index (χ0) is 19.9. The Kier molecular flexibility index (Phi) is 6.85. The lowest BCUT2D eigenvalue weighted by Gasteiger charge is -2.14. The molecule has 28 heavy (non-hydrogen) atoms. The van der Waals surface area contributed by atoms with Crippen LogP contribution in [0.1, 0.15) is 23.5 Å². The molecule has 3 rings (SSSR count). The van der Waals surface area contributed by atoms with Gasteiger partial charge < -0.3 is 15.4 Å². The van der Waals surface area contributed by atoms with Crippen LogP contribution in [0.5, 0.6) is 0 Å². The van der Waals surface area contributed by atoms with Gasteiger partial charge >= 0.3 is 6.09 Å². The van der Waals surface area contributed by atoms with Crippen LogP contribution in [0.3, 0.4) is 0 Å². The number of nitrogens with one attached hydrogen (secondary N) is 2. The second-order valence-electron chi connectivity index (χ2n) is 6.15. The zero-order valence-electron chi connectivity index (χ0n) is 14.8. The predicted molar refractivity (Wildman–Crippen MR) is 105 cm³/mol. The lowest BCUT2D eigenvalue weighted by atomic mass is 9.98. The van der Waals surface area contributed by atoms with E-state index >= 15 is 0 Å². The van der Waals surface area contributed by atoms with E-state index in [1.54, 1.807) is 0 Å². The molecule has 2 amide bonds. The number of rotatable bonds is 8. The molecule has 0 spiro atoms. The summed E-state index contributed by atoms with van der Waals surface area (Å²) >= 11 is 0. The highest BCUT2D eigenvalue weighted by Crippen LogP contribution is 2.44. The second-order valence-corrected chi connectivity index (χ2v) is 8.02. The third-order valence-corrected chi connectivity index (χ3v) is 5.68. The van der Waals surface area contributed by atoms with E-state index in [4.69, 9.17) is 4.74 Å². The first-order chi connectivity index (χ1) is 13.6. The molecule has 0 fully saturated rings. The molecule has 1 aliphatic rings. The van der Waals surface area contributed by atoms with Crippen molar-refractivity contribution in [2.75, 3.05) is 13.2 Å². The second kappa shape index (κ2) is 9.54. The van der Waals surface area contributed by atoms with Gasteiger partial charge in [-0.05, 0) is 22.3 Å². The first-order valence-corrected chi connectivity index (χ1v) is 10.4. The molecule has 7 nitrogen and oxygen atoms in total. The summed E-state index contributed by atoms with van der Waals surface area (Å²) in [6.45, 7) is 0.249. The van der Waals surface area contributed by atoms with Crippen LogP contribution in [0.2, 0.25) is 0 Å². The number of carbonyl (C=O) groups is 2. The highest BCUT2D eigenvalue weighted by atomic mass is 31.1. The van der Waals surface area contributed by atoms with Gasteiger partial charge in [0.05, 0.1) is 0 Å². The third-order valence-electron chi connectivity index (χ3n) is 4.45. The lowest BCUT2D eigenvalue weighted by Crippen LogP contribution is -2.33. The number of amides is 2. The minimum atomic E-state index is -0.970. The number of alkyl carbamates (subject to hydrolysis) is 1. The topological polar surface area (TPSA) is 102 Å². The van der Waals surface area contributed by atoms with Crippen LogP contribution in [0.4, 0.5) is 4.79 Å². The fourth-order valence-corrected chi connectivity index (χ4v) is 3.76. The van der Waals surface area contributed by atoms with Crippen molar-refractivity contribution in [3.63, 3.8) is 0 Å². The lowest BCUT2D eigenvalue weighted by molar-refractivity contribution is -0.120. The van der Waals surface area contributed by atoms with Crippen molar-refractivity contribution in [3.05, 3.63) is 59.7 Å². The van der Waals surface area contributed by atoms with Crippen LogP contribution < -0.4 is 10.6 Å². The Labute approximate surface area is 165 Å². The fraction of sp³-hybridized carbons (Fsp3) is 0.263. The Balaban J connectivity index is 1.51. The minimum Gasteiger partial charge on any atom is -0.449 e.